The fraction of sp³-hybridized carbons (Fsp3) is 0.559. The first-order chi connectivity index (χ1) is 24.0. The molecule has 3 aliphatic heterocycles. The number of aliphatic hydroxyl groups excluding tert-OH is 1. The highest BCUT2D eigenvalue weighted by Crippen LogP contribution is 2.36. The van der Waals surface area contributed by atoms with Gasteiger partial charge in [0, 0.05) is 32.7 Å². The lowest BCUT2D eigenvalue weighted by atomic mass is 9.87. The van der Waals surface area contributed by atoms with Crippen molar-refractivity contribution in [1.82, 2.24) is 20.3 Å². The summed E-state index contributed by atoms with van der Waals surface area (Å²) in [6.45, 7) is 4.85. The van der Waals surface area contributed by atoms with Crippen LogP contribution in [-0.2, 0) is 30.7 Å². The van der Waals surface area contributed by atoms with E-state index in [-0.39, 0.29) is 43.7 Å². The molecule has 0 saturated carbocycles. The Kier molecular flexibility index (Phi) is 12.4. The number of guanidine groups is 1. The van der Waals surface area contributed by atoms with E-state index in [0.717, 1.165) is 5.56 Å². The van der Waals surface area contributed by atoms with E-state index >= 15 is 0 Å². The van der Waals surface area contributed by atoms with Crippen LogP contribution in [0.2, 0.25) is 0 Å². The van der Waals surface area contributed by atoms with Crippen molar-refractivity contribution in [3.05, 3.63) is 54.1 Å². The normalized spacial score (nSPS) is 21.3. The number of amides is 1. The van der Waals surface area contributed by atoms with Gasteiger partial charge < -0.3 is 39.4 Å². The van der Waals surface area contributed by atoms with Crippen LogP contribution in [-0.4, -0.2) is 101 Å². The minimum atomic E-state index is -4.19. The molecule has 2 aromatic rings. The Morgan fingerprint density at radius 2 is 1.96 bits per heavy atom. The molecule has 5 rings (SSSR count). The summed E-state index contributed by atoms with van der Waals surface area (Å²) in [6, 6.07) is 12.8. The standard InChI is InChI=1S/C34H46N6O9S/c1-34(2,13-7-14-37-32(36-3)38-21-35)20-40(50(43,44)24-10-11-28-29(17-24)48-22-47-28)18-27(41)26(16-23-8-5-4-6-9-23)39-33(42)49-30-19-46-31-25(30)12-15-45-31/h4-6,8-11,17,25-27,30-31,41H,7,12-16,18-20,22H2,1-3H3,(H,39,42)(H2,36,37,38)/t25-,26-,27+,30-,31+/m0/s1. The maximum Gasteiger partial charge on any atom is 0.407 e. The molecule has 15 nitrogen and oxygen atoms in total. The van der Waals surface area contributed by atoms with Gasteiger partial charge in [-0.05, 0) is 48.8 Å². The molecule has 0 bridgehead atoms. The van der Waals surface area contributed by atoms with Crippen molar-refractivity contribution in [3.8, 4) is 17.7 Å². The van der Waals surface area contributed by atoms with Crippen molar-refractivity contribution < 1.29 is 42.0 Å². The van der Waals surface area contributed by atoms with E-state index in [4.69, 9.17) is 28.9 Å². The molecule has 5 atom stereocenters. The maximum atomic E-state index is 14.3. The SMILES string of the molecule is CN=C(NC#N)NCCCC(C)(C)CN(C[C@@H](O)[C@H](Cc1ccccc1)NC(=O)O[C@H]1CO[C@H]2OCC[C@H]21)S(=O)(=O)c1ccc2c(c1)OCO2. The van der Waals surface area contributed by atoms with Gasteiger partial charge in [0.25, 0.3) is 0 Å². The number of nitrogens with zero attached hydrogens (tertiary/aromatic N) is 3. The highest BCUT2D eigenvalue weighted by molar-refractivity contribution is 7.89. The second-order valence-corrected chi connectivity index (χ2v) is 15.2. The average molecular weight is 715 g/mol. The molecule has 4 N–H and O–H groups in total. The van der Waals surface area contributed by atoms with E-state index in [2.05, 4.69) is 20.9 Å². The summed E-state index contributed by atoms with van der Waals surface area (Å²) >= 11 is 0. The number of carbonyl (C=O) groups is 1. The van der Waals surface area contributed by atoms with Gasteiger partial charge >= 0.3 is 6.09 Å². The summed E-state index contributed by atoms with van der Waals surface area (Å²) in [4.78, 5) is 17.2. The Labute approximate surface area is 292 Å². The fourth-order valence-electron chi connectivity index (χ4n) is 6.35. The van der Waals surface area contributed by atoms with Crippen molar-refractivity contribution in [2.75, 3.05) is 46.7 Å². The van der Waals surface area contributed by atoms with E-state index in [9.17, 15) is 18.3 Å². The average Bonchev–Trinajstić information content (AvgIpc) is 3.85. The topological polar surface area (TPSA) is 193 Å². The molecule has 50 heavy (non-hydrogen) atoms. The van der Waals surface area contributed by atoms with Gasteiger partial charge in [0.15, 0.2) is 24.0 Å². The molecule has 0 radical (unpaired) electrons. The Balaban J connectivity index is 1.34. The molecule has 2 aromatic carbocycles. The third kappa shape index (κ3) is 9.55. The maximum absolute atomic E-state index is 14.3. The number of carbonyl (C=O) groups excluding carboxylic acids is 1. The van der Waals surface area contributed by atoms with E-state index in [1.165, 1.54) is 16.4 Å². The van der Waals surface area contributed by atoms with Crippen LogP contribution in [0.1, 0.15) is 38.7 Å². The van der Waals surface area contributed by atoms with Crippen molar-refractivity contribution in [1.29, 1.82) is 5.26 Å². The largest absolute Gasteiger partial charge is 0.454 e. The Hall–Kier alpha value is -4.14. The van der Waals surface area contributed by atoms with Crippen molar-refractivity contribution in [3.63, 3.8) is 0 Å². The zero-order valence-electron chi connectivity index (χ0n) is 28.5. The zero-order chi connectivity index (χ0) is 35.7. The molecule has 0 spiro atoms. The molecule has 2 fully saturated rings. The summed E-state index contributed by atoms with van der Waals surface area (Å²) in [6.07, 6.45) is 1.04. The van der Waals surface area contributed by atoms with Crippen LogP contribution < -0.4 is 25.4 Å². The van der Waals surface area contributed by atoms with Crippen LogP contribution in [0.4, 0.5) is 4.79 Å². The van der Waals surface area contributed by atoms with Gasteiger partial charge in [0.2, 0.25) is 22.8 Å². The monoisotopic (exact) mass is 714 g/mol. The minimum absolute atomic E-state index is 0.0129. The Morgan fingerprint density at radius 1 is 1.18 bits per heavy atom. The smallest absolute Gasteiger partial charge is 0.407 e. The van der Waals surface area contributed by atoms with Crippen LogP contribution in [0, 0.1) is 22.8 Å². The van der Waals surface area contributed by atoms with Crippen molar-refractivity contribution in [2.24, 2.45) is 16.3 Å². The van der Waals surface area contributed by atoms with Crippen molar-refractivity contribution >= 4 is 22.1 Å². The van der Waals surface area contributed by atoms with Crippen LogP contribution in [0.5, 0.6) is 11.5 Å². The molecule has 0 unspecified atom stereocenters. The molecule has 3 aliphatic rings. The van der Waals surface area contributed by atoms with Crippen LogP contribution in [0.15, 0.2) is 58.4 Å². The van der Waals surface area contributed by atoms with E-state index in [1.54, 1.807) is 13.1 Å². The number of hydrogen-bond acceptors (Lipinski definition) is 11. The zero-order valence-corrected chi connectivity index (χ0v) is 29.4. The Bertz CT molecular complexity index is 1640. The van der Waals surface area contributed by atoms with Gasteiger partial charge in [-0.15, -0.1) is 0 Å². The lowest BCUT2D eigenvalue weighted by molar-refractivity contribution is -0.0907. The third-order valence-corrected chi connectivity index (χ3v) is 10.8. The molecule has 272 valence electrons. The number of fused-ring (bicyclic) bond motifs is 2. The predicted octanol–water partition coefficient (Wildman–Crippen LogP) is 2.32. The van der Waals surface area contributed by atoms with Gasteiger partial charge in [0.05, 0.1) is 36.2 Å². The van der Waals surface area contributed by atoms with Crippen LogP contribution in [0.3, 0.4) is 0 Å². The van der Waals surface area contributed by atoms with Crippen molar-refractivity contribution in [2.45, 2.75) is 69.0 Å². The molecule has 0 aliphatic carbocycles. The summed E-state index contributed by atoms with van der Waals surface area (Å²) in [5, 5.41) is 29.0. The number of alkyl carbamates (subject to hydrolysis) is 1. The van der Waals surface area contributed by atoms with Crippen LogP contribution in [0.25, 0.3) is 0 Å². The second-order valence-electron chi connectivity index (χ2n) is 13.3. The van der Waals surface area contributed by atoms with E-state index in [0.29, 0.717) is 49.9 Å². The lowest BCUT2D eigenvalue weighted by Crippen LogP contribution is -2.52. The van der Waals surface area contributed by atoms with Gasteiger partial charge in [-0.25, -0.2) is 13.2 Å². The summed E-state index contributed by atoms with van der Waals surface area (Å²) in [7, 11) is -2.63. The number of benzene rings is 2. The fourth-order valence-corrected chi connectivity index (χ4v) is 8.02. The molecule has 16 heteroatoms. The van der Waals surface area contributed by atoms with Gasteiger partial charge in [-0.3, -0.25) is 10.3 Å². The van der Waals surface area contributed by atoms with Gasteiger partial charge in [-0.1, -0.05) is 44.2 Å². The first kappa shape index (κ1) is 37.1. The minimum Gasteiger partial charge on any atom is -0.454 e. The second kappa shape index (κ2) is 16.7. The first-order valence-electron chi connectivity index (χ1n) is 16.7. The first-order valence-corrected chi connectivity index (χ1v) is 18.1. The number of nitrogens with one attached hydrogen (secondary N) is 3. The Morgan fingerprint density at radius 3 is 2.72 bits per heavy atom. The number of rotatable bonds is 15. The van der Waals surface area contributed by atoms with Crippen LogP contribution >= 0.6 is 0 Å². The quantitative estimate of drug-likeness (QED) is 0.0693. The molecular weight excluding hydrogens is 668 g/mol. The summed E-state index contributed by atoms with van der Waals surface area (Å²) in [5.74, 6) is 1.03. The molecule has 0 aromatic heterocycles. The number of ether oxygens (including phenoxy) is 5. The highest BCUT2D eigenvalue weighted by atomic mass is 32.2. The van der Waals surface area contributed by atoms with Gasteiger partial charge in [-0.2, -0.15) is 9.57 Å². The van der Waals surface area contributed by atoms with E-state index < -0.39 is 46.1 Å². The number of aliphatic hydroxyl groups is 1. The highest BCUT2D eigenvalue weighted by Gasteiger charge is 2.44. The molecule has 1 amide bonds. The molecular formula is C34H46N6O9S. The summed E-state index contributed by atoms with van der Waals surface area (Å²) in [5.41, 5.74) is 0.282. The number of nitriles is 1. The lowest BCUT2D eigenvalue weighted by Gasteiger charge is -2.35. The van der Waals surface area contributed by atoms with Gasteiger partial charge in [0.1, 0.15) is 6.10 Å². The predicted molar refractivity (Wildman–Crippen MR) is 182 cm³/mol. The molecule has 3 heterocycles. The van der Waals surface area contributed by atoms with E-state index in [1.807, 2.05) is 50.4 Å². The number of sulfonamides is 1. The summed E-state index contributed by atoms with van der Waals surface area (Å²) < 4.78 is 57.7. The third-order valence-electron chi connectivity index (χ3n) is 9.01. The number of hydrogen-bond donors (Lipinski definition) is 4. The number of aliphatic imine (C=N–C) groups is 1. The molecule has 2 saturated heterocycles.